The zero-order valence-corrected chi connectivity index (χ0v) is 22.4. The Morgan fingerprint density at radius 1 is 0.707 bits per heavy atom. The van der Waals surface area contributed by atoms with Crippen molar-refractivity contribution in [2.45, 2.75) is 38.9 Å². The van der Waals surface area contributed by atoms with Gasteiger partial charge in [0.05, 0.1) is 47.4 Å². The standard InChI is InChI=1S/C30H24O11/c1-10-5-12-7-14-9-16(38-3)21(25(33)18(14)24(32)19(12)30(37)41-10)23-26(34)20-15(31)8-13-6-11(2)40-29(36)17(13)22(20)27(35)28(23)39-4/h7-11,31-33H,5-6H2,1-4H3. The maximum absolute atomic E-state index is 14.1. The van der Waals surface area contributed by atoms with Gasteiger partial charge >= 0.3 is 11.9 Å². The maximum Gasteiger partial charge on any atom is 0.342 e. The quantitative estimate of drug-likeness (QED) is 0.401. The van der Waals surface area contributed by atoms with Crippen molar-refractivity contribution >= 4 is 39.9 Å². The van der Waals surface area contributed by atoms with E-state index < -0.39 is 69.9 Å². The van der Waals surface area contributed by atoms with Crippen LogP contribution in [0.15, 0.2) is 24.0 Å². The highest BCUT2D eigenvalue weighted by Crippen LogP contribution is 2.50. The fourth-order valence-electron chi connectivity index (χ4n) is 5.99. The van der Waals surface area contributed by atoms with Crippen molar-refractivity contribution in [2.75, 3.05) is 14.2 Å². The lowest BCUT2D eigenvalue weighted by Gasteiger charge is -2.29. The van der Waals surface area contributed by atoms with Crippen molar-refractivity contribution in [1.29, 1.82) is 0 Å². The Morgan fingerprint density at radius 3 is 1.90 bits per heavy atom. The minimum absolute atomic E-state index is 0.0550. The second-order valence-electron chi connectivity index (χ2n) is 10.2. The largest absolute Gasteiger partial charge is 0.507 e. The van der Waals surface area contributed by atoms with Crippen LogP contribution >= 0.6 is 0 Å². The molecule has 210 valence electrons. The van der Waals surface area contributed by atoms with E-state index in [-0.39, 0.29) is 39.8 Å². The predicted molar refractivity (Wildman–Crippen MR) is 142 cm³/mol. The fraction of sp³-hybridized carbons (Fsp3) is 0.267. The molecule has 2 unspecified atom stereocenters. The summed E-state index contributed by atoms with van der Waals surface area (Å²) in [5, 5.41) is 33.7. The Bertz CT molecular complexity index is 1800. The molecule has 41 heavy (non-hydrogen) atoms. The highest BCUT2D eigenvalue weighted by Gasteiger charge is 2.44. The number of fused-ring (bicyclic) bond motifs is 5. The molecule has 11 heteroatoms. The van der Waals surface area contributed by atoms with Gasteiger partial charge in [0, 0.05) is 12.8 Å². The average Bonchev–Trinajstić information content (AvgIpc) is 2.89. The molecule has 0 fully saturated rings. The zero-order chi connectivity index (χ0) is 29.5. The van der Waals surface area contributed by atoms with E-state index in [0.29, 0.717) is 22.9 Å². The average molecular weight is 561 g/mol. The number of ether oxygens (including phenoxy) is 4. The lowest BCUT2D eigenvalue weighted by molar-refractivity contribution is 0.0287. The summed E-state index contributed by atoms with van der Waals surface area (Å²) in [6, 6.07) is 4.29. The van der Waals surface area contributed by atoms with Crippen molar-refractivity contribution in [3.05, 3.63) is 62.9 Å². The number of carbonyl (C=O) groups excluding carboxylic acids is 4. The molecule has 11 nitrogen and oxygen atoms in total. The number of ketones is 2. The zero-order valence-electron chi connectivity index (χ0n) is 22.4. The summed E-state index contributed by atoms with van der Waals surface area (Å²) in [4.78, 5) is 53.4. The number of allylic oxidation sites excluding steroid dienone is 2. The van der Waals surface area contributed by atoms with Gasteiger partial charge in [-0.2, -0.15) is 0 Å². The van der Waals surface area contributed by atoms with Crippen LogP contribution in [-0.2, 0) is 27.1 Å². The number of hydrogen-bond donors (Lipinski definition) is 3. The molecule has 1 aliphatic carbocycles. The first-order valence-corrected chi connectivity index (χ1v) is 12.8. The van der Waals surface area contributed by atoms with Crippen molar-refractivity contribution in [3.63, 3.8) is 0 Å². The Balaban J connectivity index is 1.66. The molecule has 0 spiro atoms. The van der Waals surface area contributed by atoms with Gasteiger partial charge in [0.25, 0.3) is 0 Å². The first kappa shape index (κ1) is 26.2. The summed E-state index contributed by atoms with van der Waals surface area (Å²) in [6.45, 7) is 3.36. The normalized spacial score (nSPS) is 19.8. The van der Waals surface area contributed by atoms with Crippen LogP contribution < -0.4 is 4.74 Å². The molecule has 3 N–H and O–H groups in total. The number of esters is 2. The van der Waals surface area contributed by atoms with Crippen LogP contribution in [0.4, 0.5) is 0 Å². The van der Waals surface area contributed by atoms with E-state index in [4.69, 9.17) is 18.9 Å². The monoisotopic (exact) mass is 560 g/mol. The number of phenolic OH excluding ortho intramolecular Hbond substituents is 3. The smallest absolute Gasteiger partial charge is 0.342 e. The van der Waals surface area contributed by atoms with Crippen LogP contribution in [0.1, 0.15) is 72.0 Å². The van der Waals surface area contributed by atoms with E-state index in [1.54, 1.807) is 19.9 Å². The van der Waals surface area contributed by atoms with Crippen molar-refractivity contribution < 1.29 is 53.4 Å². The third-order valence-corrected chi connectivity index (χ3v) is 7.64. The molecule has 0 radical (unpaired) electrons. The lowest BCUT2D eigenvalue weighted by atomic mass is 9.78. The second kappa shape index (κ2) is 8.98. The van der Waals surface area contributed by atoms with Gasteiger partial charge in [0.2, 0.25) is 11.6 Å². The Kier molecular flexibility index (Phi) is 5.73. The molecule has 3 aliphatic rings. The van der Waals surface area contributed by atoms with E-state index in [1.807, 2.05) is 0 Å². The van der Waals surface area contributed by atoms with Crippen LogP contribution in [0, 0.1) is 0 Å². The van der Waals surface area contributed by atoms with E-state index in [0.717, 1.165) is 7.11 Å². The van der Waals surface area contributed by atoms with Gasteiger partial charge in [-0.25, -0.2) is 9.59 Å². The molecular formula is C30H24O11. The van der Waals surface area contributed by atoms with E-state index in [2.05, 4.69) is 0 Å². The predicted octanol–water partition coefficient (Wildman–Crippen LogP) is 3.60. The number of rotatable bonds is 3. The van der Waals surface area contributed by atoms with E-state index in [1.165, 1.54) is 19.2 Å². The summed E-state index contributed by atoms with van der Waals surface area (Å²) in [5.41, 5.74) is -1.05. The van der Waals surface area contributed by atoms with Crippen molar-refractivity contribution in [1.82, 2.24) is 0 Å². The second-order valence-corrected chi connectivity index (χ2v) is 10.2. The summed E-state index contributed by atoms with van der Waals surface area (Å²) in [7, 11) is 2.42. The topological polar surface area (TPSA) is 166 Å². The highest BCUT2D eigenvalue weighted by atomic mass is 16.5. The van der Waals surface area contributed by atoms with Gasteiger partial charge in [0.15, 0.2) is 5.76 Å². The molecule has 3 aromatic rings. The van der Waals surface area contributed by atoms with Gasteiger partial charge in [-0.1, -0.05) is 0 Å². The number of Topliss-reactive ketones (excluding diaryl/α,β-unsaturated/α-hetero) is 2. The van der Waals surface area contributed by atoms with Crippen LogP contribution in [-0.4, -0.2) is 65.3 Å². The van der Waals surface area contributed by atoms with Crippen molar-refractivity contribution in [2.24, 2.45) is 0 Å². The van der Waals surface area contributed by atoms with E-state index in [9.17, 15) is 34.5 Å². The van der Waals surface area contributed by atoms with Crippen LogP contribution in [0.5, 0.6) is 23.0 Å². The molecule has 0 bridgehead atoms. The van der Waals surface area contributed by atoms with Gasteiger partial charge in [-0.05, 0) is 48.6 Å². The summed E-state index contributed by atoms with van der Waals surface area (Å²) in [6.07, 6.45) is -0.400. The molecule has 3 aromatic carbocycles. The van der Waals surface area contributed by atoms with Gasteiger partial charge in [-0.15, -0.1) is 0 Å². The Morgan fingerprint density at radius 2 is 1.29 bits per heavy atom. The molecule has 6 rings (SSSR count). The lowest BCUT2D eigenvalue weighted by Crippen LogP contribution is -2.31. The molecular weight excluding hydrogens is 536 g/mol. The Labute approximate surface area is 232 Å². The number of aromatic hydroxyl groups is 3. The highest BCUT2D eigenvalue weighted by molar-refractivity contribution is 6.43. The molecule has 0 amide bonds. The van der Waals surface area contributed by atoms with Crippen molar-refractivity contribution in [3.8, 4) is 23.0 Å². The van der Waals surface area contributed by atoms with Crippen LogP contribution in [0.25, 0.3) is 16.3 Å². The third kappa shape index (κ3) is 3.58. The van der Waals surface area contributed by atoms with Gasteiger partial charge in [-0.3, -0.25) is 9.59 Å². The van der Waals surface area contributed by atoms with Gasteiger partial charge < -0.3 is 34.3 Å². The van der Waals surface area contributed by atoms with E-state index >= 15 is 0 Å². The molecule has 2 aliphatic heterocycles. The number of benzene rings is 3. The maximum atomic E-state index is 14.1. The molecule has 0 saturated heterocycles. The molecule has 2 heterocycles. The number of cyclic esters (lactones) is 2. The summed E-state index contributed by atoms with van der Waals surface area (Å²) in [5.74, 6) is -5.81. The number of carbonyl (C=O) groups is 4. The van der Waals surface area contributed by atoms with Crippen LogP contribution in [0.3, 0.4) is 0 Å². The first-order valence-electron chi connectivity index (χ1n) is 12.8. The number of hydrogen-bond acceptors (Lipinski definition) is 11. The Hall–Kier alpha value is -5.06. The minimum atomic E-state index is -0.943. The molecule has 0 aromatic heterocycles. The third-order valence-electron chi connectivity index (χ3n) is 7.64. The molecule has 0 saturated carbocycles. The molecule has 2 atom stereocenters. The summed E-state index contributed by atoms with van der Waals surface area (Å²) < 4.78 is 21.4. The first-order chi connectivity index (χ1) is 19.5. The fourth-order valence-corrected chi connectivity index (χ4v) is 5.99. The minimum Gasteiger partial charge on any atom is -0.507 e. The van der Waals surface area contributed by atoms with Gasteiger partial charge in [0.1, 0.15) is 40.8 Å². The van der Waals surface area contributed by atoms with Crippen LogP contribution in [0.2, 0.25) is 0 Å². The number of methoxy groups -OCH3 is 2. The summed E-state index contributed by atoms with van der Waals surface area (Å²) >= 11 is 0. The number of phenols is 3. The SMILES string of the molecule is COC1=C(c2c(OC)cc3cc4c(c(O)c3c2O)C(=O)OC(C)C4)C(=O)c2c(O)cc3c(c2C1=O)C(=O)OC(C)C3.